The van der Waals surface area contributed by atoms with Gasteiger partial charge in [0.25, 0.3) is 11.8 Å². The molecule has 9 heteroatoms. The van der Waals surface area contributed by atoms with Gasteiger partial charge in [-0.2, -0.15) is 10.2 Å². The van der Waals surface area contributed by atoms with Gasteiger partial charge in [-0.15, -0.1) is 0 Å². The van der Waals surface area contributed by atoms with Gasteiger partial charge in [0.15, 0.2) is 11.5 Å². The molecule has 3 heterocycles. The van der Waals surface area contributed by atoms with Crippen LogP contribution < -0.4 is 10.6 Å². The summed E-state index contributed by atoms with van der Waals surface area (Å²) in [4.78, 5) is 24.3. The van der Waals surface area contributed by atoms with E-state index >= 15 is 0 Å². The summed E-state index contributed by atoms with van der Waals surface area (Å²) in [5, 5.41) is 13.7. The van der Waals surface area contributed by atoms with E-state index in [9.17, 15) is 9.59 Å². The summed E-state index contributed by atoms with van der Waals surface area (Å²) in [5.74, 6) is -0.174. The first-order chi connectivity index (χ1) is 12.0. The molecule has 3 aromatic heterocycles. The maximum atomic E-state index is 12.3. The predicted octanol–water partition coefficient (Wildman–Crippen LogP) is 1.24. The molecule has 0 bridgehead atoms. The molecule has 0 unspecified atom stereocenters. The van der Waals surface area contributed by atoms with E-state index < -0.39 is 5.91 Å². The molecule has 0 aromatic carbocycles. The van der Waals surface area contributed by atoms with Gasteiger partial charge in [0.2, 0.25) is 0 Å². The van der Waals surface area contributed by atoms with E-state index in [0.29, 0.717) is 12.4 Å². The Bertz CT molecular complexity index is 907. The quantitative estimate of drug-likeness (QED) is 0.725. The Morgan fingerprint density at radius 3 is 2.68 bits per heavy atom. The topological polar surface area (TPSA) is 107 Å². The fourth-order valence-electron chi connectivity index (χ4n) is 2.26. The zero-order chi connectivity index (χ0) is 18.0. The summed E-state index contributed by atoms with van der Waals surface area (Å²) in [6.07, 6.45) is 3.13. The van der Waals surface area contributed by atoms with E-state index in [1.165, 1.54) is 17.0 Å². The zero-order valence-corrected chi connectivity index (χ0v) is 14.1. The van der Waals surface area contributed by atoms with Gasteiger partial charge in [-0.05, 0) is 19.1 Å². The van der Waals surface area contributed by atoms with Gasteiger partial charge in [-0.25, -0.2) is 0 Å². The van der Waals surface area contributed by atoms with Crippen molar-refractivity contribution in [3.63, 3.8) is 0 Å². The lowest BCUT2D eigenvalue weighted by Crippen LogP contribution is -2.23. The number of hydrogen-bond donors (Lipinski definition) is 2. The van der Waals surface area contributed by atoms with Crippen molar-refractivity contribution in [3.05, 3.63) is 53.4 Å². The number of nitrogens with zero attached hydrogens (tertiary/aromatic N) is 4. The second kappa shape index (κ2) is 6.63. The van der Waals surface area contributed by atoms with Gasteiger partial charge in [-0.1, -0.05) is 0 Å². The number of nitrogens with one attached hydrogen (secondary N) is 2. The second-order valence-corrected chi connectivity index (χ2v) is 5.53. The average Bonchev–Trinajstić information content (AvgIpc) is 3.30. The summed E-state index contributed by atoms with van der Waals surface area (Å²) >= 11 is 0. The number of carbonyl (C=O) groups is 2. The third-order valence-electron chi connectivity index (χ3n) is 3.88. The van der Waals surface area contributed by atoms with Gasteiger partial charge in [0.05, 0.1) is 12.5 Å². The summed E-state index contributed by atoms with van der Waals surface area (Å²) in [5.41, 5.74) is 2.12. The van der Waals surface area contributed by atoms with Crippen LogP contribution in [-0.4, -0.2) is 31.4 Å². The van der Waals surface area contributed by atoms with Crippen molar-refractivity contribution in [2.45, 2.75) is 13.5 Å². The molecule has 0 atom stereocenters. The van der Waals surface area contributed by atoms with Crippen molar-refractivity contribution < 1.29 is 14.0 Å². The fourth-order valence-corrected chi connectivity index (χ4v) is 2.26. The molecule has 3 aromatic rings. The van der Waals surface area contributed by atoms with Gasteiger partial charge in [-0.3, -0.25) is 19.0 Å². The number of aromatic nitrogens is 4. The number of rotatable bonds is 5. The highest BCUT2D eigenvalue weighted by molar-refractivity contribution is 6.02. The minimum Gasteiger partial charge on any atom is -0.459 e. The van der Waals surface area contributed by atoms with Crippen LogP contribution in [0.4, 0.5) is 5.82 Å². The molecule has 2 N–H and O–H groups in total. The minimum absolute atomic E-state index is 0.180. The van der Waals surface area contributed by atoms with Crippen LogP contribution in [0.15, 0.2) is 35.1 Å². The largest absolute Gasteiger partial charge is 0.459 e. The van der Waals surface area contributed by atoms with E-state index in [1.54, 1.807) is 30.1 Å². The van der Waals surface area contributed by atoms with Crippen molar-refractivity contribution in [1.82, 2.24) is 24.9 Å². The van der Waals surface area contributed by atoms with Gasteiger partial charge >= 0.3 is 0 Å². The Morgan fingerprint density at radius 1 is 1.24 bits per heavy atom. The van der Waals surface area contributed by atoms with Crippen LogP contribution in [0, 0.1) is 6.92 Å². The number of anilines is 1. The van der Waals surface area contributed by atoms with Crippen LogP contribution in [0.1, 0.15) is 32.3 Å². The Hall–Kier alpha value is -3.36. The van der Waals surface area contributed by atoms with Crippen LogP contribution in [-0.2, 0) is 20.6 Å². The number of carbonyl (C=O) groups excluding carboxylic acids is 2. The van der Waals surface area contributed by atoms with E-state index in [0.717, 1.165) is 11.3 Å². The molecule has 130 valence electrons. The molecule has 0 fully saturated rings. The Morgan fingerprint density at radius 2 is 2.04 bits per heavy atom. The lowest BCUT2D eigenvalue weighted by Gasteiger charge is -2.02. The monoisotopic (exact) mass is 342 g/mol. The molecule has 0 saturated heterocycles. The first kappa shape index (κ1) is 16.5. The molecular weight excluding hydrogens is 324 g/mol. The fraction of sp³-hybridized carbons (Fsp3) is 0.250. The molecule has 3 rings (SSSR count). The summed E-state index contributed by atoms with van der Waals surface area (Å²) in [6, 6.07) is 4.68. The minimum atomic E-state index is -0.411. The van der Waals surface area contributed by atoms with Gasteiger partial charge in [0.1, 0.15) is 5.82 Å². The molecule has 25 heavy (non-hydrogen) atoms. The third-order valence-corrected chi connectivity index (χ3v) is 3.88. The highest BCUT2D eigenvalue weighted by Gasteiger charge is 2.16. The van der Waals surface area contributed by atoms with Crippen molar-refractivity contribution in [1.29, 1.82) is 0 Å². The lowest BCUT2D eigenvalue weighted by molar-refractivity contribution is 0.0944. The van der Waals surface area contributed by atoms with Crippen molar-refractivity contribution in [2.24, 2.45) is 14.1 Å². The van der Waals surface area contributed by atoms with Crippen LogP contribution in [0.2, 0.25) is 0 Å². The molecule has 0 saturated carbocycles. The first-order valence-corrected chi connectivity index (χ1v) is 7.60. The maximum Gasteiger partial charge on any atom is 0.292 e. The molecule has 0 radical (unpaired) electrons. The predicted molar refractivity (Wildman–Crippen MR) is 89.0 cm³/mol. The second-order valence-electron chi connectivity index (χ2n) is 5.53. The molecule has 0 aliphatic heterocycles. The molecular formula is C16H18N6O3. The van der Waals surface area contributed by atoms with Crippen molar-refractivity contribution >= 4 is 17.6 Å². The number of hydrogen-bond acceptors (Lipinski definition) is 5. The molecule has 9 nitrogen and oxygen atoms in total. The normalized spacial score (nSPS) is 10.7. The third kappa shape index (κ3) is 3.44. The van der Waals surface area contributed by atoms with Crippen LogP contribution >= 0.6 is 0 Å². The average molecular weight is 342 g/mol. The number of amides is 2. The van der Waals surface area contributed by atoms with Crippen molar-refractivity contribution in [3.8, 4) is 0 Å². The van der Waals surface area contributed by atoms with Crippen molar-refractivity contribution in [2.75, 3.05) is 5.32 Å². The lowest BCUT2D eigenvalue weighted by atomic mass is 10.2. The number of furan rings is 1. The Labute approximate surface area is 143 Å². The Balaban J connectivity index is 1.66. The standard InChI is InChI=1S/C16H18N6O3/c1-10-11(9-18-21(10)2)8-17-15(23)12-7-14(22(3)20-12)19-16(24)13-5-4-6-25-13/h4-7,9H,8H2,1-3H3,(H,17,23)(H,19,24). The van der Waals surface area contributed by atoms with Crippen LogP contribution in [0.25, 0.3) is 0 Å². The molecule has 0 spiro atoms. The maximum absolute atomic E-state index is 12.3. The SMILES string of the molecule is Cc1c(CNC(=O)c2cc(NC(=O)c3ccco3)n(C)n2)cnn1C. The highest BCUT2D eigenvalue weighted by atomic mass is 16.3. The van der Waals surface area contributed by atoms with E-state index in [4.69, 9.17) is 4.42 Å². The van der Waals surface area contributed by atoms with E-state index in [1.807, 2.05) is 14.0 Å². The number of aryl methyl sites for hydroxylation is 2. The van der Waals surface area contributed by atoms with Crippen LogP contribution in [0.5, 0.6) is 0 Å². The molecule has 0 aliphatic carbocycles. The first-order valence-electron chi connectivity index (χ1n) is 7.60. The summed E-state index contributed by atoms with van der Waals surface area (Å²) < 4.78 is 8.20. The highest BCUT2D eigenvalue weighted by Crippen LogP contribution is 2.12. The summed E-state index contributed by atoms with van der Waals surface area (Å²) in [6.45, 7) is 2.28. The smallest absolute Gasteiger partial charge is 0.292 e. The van der Waals surface area contributed by atoms with E-state index in [-0.39, 0.29) is 17.4 Å². The summed E-state index contributed by atoms with van der Waals surface area (Å²) in [7, 11) is 3.48. The zero-order valence-electron chi connectivity index (χ0n) is 14.1. The molecule has 2 amide bonds. The van der Waals surface area contributed by atoms with Gasteiger partial charge < -0.3 is 15.1 Å². The Kier molecular flexibility index (Phi) is 4.38. The molecule has 0 aliphatic rings. The van der Waals surface area contributed by atoms with E-state index in [2.05, 4.69) is 20.8 Å². The van der Waals surface area contributed by atoms with Gasteiger partial charge in [0, 0.05) is 38.0 Å². The van der Waals surface area contributed by atoms with Crippen LogP contribution in [0.3, 0.4) is 0 Å².